The molecule has 1 aliphatic heterocycles. The van der Waals surface area contributed by atoms with Gasteiger partial charge in [-0.05, 0) is 28.8 Å². The Morgan fingerprint density at radius 3 is 2.95 bits per heavy atom. The molecule has 1 saturated heterocycles. The number of nitrogens with one attached hydrogen (secondary N) is 1. The van der Waals surface area contributed by atoms with Gasteiger partial charge in [0.2, 0.25) is 0 Å². The number of nitrogens with zero attached hydrogens (tertiary/aromatic N) is 1. The largest absolute Gasteiger partial charge is 0.480 e. The number of carboxylic acids is 1. The van der Waals surface area contributed by atoms with Gasteiger partial charge >= 0.3 is 12.0 Å². The second-order valence-electron chi connectivity index (χ2n) is 4.51. The van der Waals surface area contributed by atoms with Gasteiger partial charge in [-0.25, -0.2) is 9.59 Å². The standard InChI is InChI=1S/C12H16N2O4S/c15-9-5-10(11(16)17)14(6-9)12(18)13-3-1-8-2-4-19-7-8/h2,4,7,9-10,15H,1,3,5-6H2,(H,13,18)(H,16,17)/t9-,10+/m1/s1. The fourth-order valence-corrected chi connectivity index (χ4v) is 2.83. The molecule has 0 aromatic carbocycles. The smallest absolute Gasteiger partial charge is 0.326 e. The molecule has 104 valence electrons. The van der Waals surface area contributed by atoms with E-state index < -0.39 is 24.1 Å². The van der Waals surface area contributed by atoms with Crippen molar-refractivity contribution in [3.05, 3.63) is 22.4 Å². The van der Waals surface area contributed by atoms with E-state index in [1.165, 1.54) is 4.90 Å². The molecular weight excluding hydrogens is 268 g/mol. The van der Waals surface area contributed by atoms with Crippen molar-refractivity contribution in [1.29, 1.82) is 0 Å². The SMILES string of the molecule is O=C(O)[C@@H]1C[C@@H](O)CN1C(=O)NCCc1ccsc1. The Morgan fingerprint density at radius 2 is 2.32 bits per heavy atom. The Morgan fingerprint density at radius 1 is 1.53 bits per heavy atom. The molecule has 0 bridgehead atoms. The first-order valence-electron chi connectivity index (χ1n) is 6.04. The second kappa shape index (κ2) is 6.03. The van der Waals surface area contributed by atoms with Crippen LogP contribution in [0.5, 0.6) is 0 Å². The number of urea groups is 1. The Balaban J connectivity index is 1.83. The number of thiophene rings is 1. The molecule has 0 spiro atoms. The van der Waals surface area contributed by atoms with Gasteiger partial charge in [-0.2, -0.15) is 11.3 Å². The first-order chi connectivity index (χ1) is 9.08. The maximum atomic E-state index is 11.9. The number of rotatable bonds is 4. The molecule has 2 atom stereocenters. The van der Waals surface area contributed by atoms with E-state index in [0.29, 0.717) is 13.0 Å². The first kappa shape index (κ1) is 13.8. The molecule has 19 heavy (non-hydrogen) atoms. The van der Waals surface area contributed by atoms with Gasteiger partial charge in [-0.3, -0.25) is 0 Å². The van der Waals surface area contributed by atoms with Gasteiger partial charge in [0.25, 0.3) is 0 Å². The minimum absolute atomic E-state index is 0.0707. The summed E-state index contributed by atoms with van der Waals surface area (Å²) in [4.78, 5) is 24.0. The number of carbonyl (C=O) groups excluding carboxylic acids is 1. The van der Waals surface area contributed by atoms with Crippen LogP contribution in [-0.4, -0.2) is 52.3 Å². The zero-order valence-corrected chi connectivity index (χ0v) is 11.1. The minimum atomic E-state index is -1.08. The highest BCUT2D eigenvalue weighted by molar-refractivity contribution is 7.07. The zero-order chi connectivity index (χ0) is 13.8. The number of hydrogen-bond acceptors (Lipinski definition) is 4. The molecule has 2 rings (SSSR count). The molecule has 3 N–H and O–H groups in total. The van der Waals surface area contributed by atoms with Gasteiger partial charge in [0.15, 0.2) is 0 Å². The van der Waals surface area contributed by atoms with Crippen LogP contribution in [0.2, 0.25) is 0 Å². The number of aliphatic carboxylic acids is 1. The van der Waals surface area contributed by atoms with Crippen LogP contribution < -0.4 is 5.32 Å². The first-order valence-corrected chi connectivity index (χ1v) is 6.98. The van der Waals surface area contributed by atoms with Gasteiger partial charge in [-0.15, -0.1) is 0 Å². The van der Waals surface area contributed by atoms with Crippen LogP contribution in [0.3, 0.4) is 0 Å². The maximum Gasteiger partial charge on any atom is 0.326 e. The number of aliphatic hydroxyl groups is 1. The lowest BCUT2D eigenvalue weighted by Gasteiger charge is -2.21. The molecule has 6 nitrogen and oxygen atoms in total. The fourth-order valence-electron chi connectivity index (χ4n) is 2.12. The molecule has 2 amide bonds. The van der Waals surface area contributed by atoms with Crippen molar-refractivity contribution in [2.45, 2.75) is 25.0 Å². The summed E-state index contributed by atoms with van der Waals surface area (Å²) < 4.78 is 0. The predicted octanol–water partition coefficient (Wildman–Crippen LogP) is 0.520. The van der Waals surface area contributed by atoms with Crippen molar-refractivity contribution in [1.82, 2.24) is 10.2 Å². The van der Waals surface area contributed by atoms with Gasteiger partial charge < -0.3 is 20.4 Å². The van der Waals surface area contributed by atoms with Crippen molar-refractivity contribution < 1.29 is 19.8 Å². The number of β-amino-alcohol motifs (C(OH)–C–C–N with tert-alkyl or cyclic N) is 1. The van der Waals surface area contributed by atoms with Gasteiger partial charge in [0, 0.05) is 19.5 Å². The molecule has 1 aliphatic rings. The summed E-state index contributed by atoms with van der Waals surface area (Å²) in [5.74, 6) is -1.08. The van der Waals surface area contributed by atoms with Crippen LogP contribution in [-0.2, 0) is 11.2 Å². The van der Waals surface area contributed by atoms with E-state index in [4.69, 9.17) is 5.11 Å². The lowest BCUT2D eigenvalue weighted by molar-refractivity contribution is -0.141. The number of carboxylic acid groups (broad SMARTS) is 1. The van der Waals surface area contributed by atoms with E-state index in [1.54, 1.807) is 11.3 Å². The lowest BCUT2D eigenvalue weighted by atomic mass is 10.2. The molecule has 1 fully saturated rings. The Hall–Kier alpha value is -1.60. The van der Waals surface area contributed by atoms with Crippen molar-refractivity contribution in [3.8, 4) is 0 Å². The van der Waals surface area contributed by atoms with E-state index in [0.717, 1.165) is 5.56 Å². The number of amides is 2. The summed E-state index contributed by atoms with van der Waals surface area (Å²) in [5, 5.41) is 25.1. The normalized spacial score (nSPS) is 22.5. The Bertz CT molecular complexity index is 449. The number of carbonyl (C=O) groups is 2. The summed E-state index contributed by atoms with van der Waals surface area (Å²) in [6, 6.07) is 0.617. The van der Waals surface area contributed by atoms with E-state index in [1.807, 2.05) is 16.8 Å². The molecule has 7 heteroatoms. The molecule has 2 heterocycles. The van der Waals surface area contributed by atoms with Crippen molar-refractivity contribution in [2.75, 3.05) is 13.1 Å². The molecule has 0 saturated carbocycles. The predicted molar refractivity (Wildman–Crippen MR) is 70.2 cm³/mol. The van der Waals surface area contributed by atoms with Gasteiger partial charge in [0.1, 0.15) is 6.04 Å². The van der Waals surface area contributed by atoms with Crippen molar-refractivity contribution >= 4 is 23.3 Å². The zero-order valence-electron chi connectivity index (χ0n) is 10.3. The Kier molecular flexibility index (Phi) is 4.39. The molecule has 1 aromatic heterocycles. The van der Waals surface area contributed by atoms with E-state index >= 15 is 0 Å². The van der Waals surface area contributed by atoms with Crippen molar-refractivity contribution in [2.24, 2.45) is 0 Å². The quantitative estimate of drug-likeness (QED) is 0.752. The van der Waals surface area contributed by atoms with E-state index in [9.17, 15) is 14.7 Å². The van der Waals surface area contributed by atoms with Gasteiger partial charge in [-0.1, -0.05) is 0 Å². The average molecular weight is 284 g/mol. The minimum Gasteiger partial charge on any atom is -0.480 e. The highest BCUT2D eigenvalue weighted by atomic mass is 32.1. The van der Waals surface area contributed by atoms with Crippen molar-refractivity contribution in [3.63, 3.8) is 0 Å². The molecule has 0 aliphatic carbocycles. The monoisotopic (exact) mass is 284 g/mol. The van der Waals surface area contributed by atoms with Crippen LogP contribution in [0, 0.1) is 0 Å². The van der Waals surface area contributed by atoms with Crippen LogP contribution in [0.25, 0.3) is 0 Å². The van der Waals surface area contributed by atoms with Crippen LogP contribution in [0.4, 0.5) is 4.79 Å². The Labute approximate surface area is 114 Å². The average Bonchev–Trinajstić information content (AvgIpc) is 2.98. The van der Waals surface area contributed by atoms with Crippen LogP contribution in [0.15, 0.2) is 16.8 Å². The topological polar surface area (TPSA) is 89.9 Å². The molecule has 0 unspecified atom stereocenters. The number of likely N-dealkylation sites (tertiary alicyclic amines) is 1. The van der Waals surface area contributed by atoms with E-state index in [2.05, 4.69) is 5.32 Å². The number of aliphatic hydroxyl groups excluding tert-OH is 1. The summed E-state index contributed by atoms with van der Waals surface area (Å²) in [7, 11) is 0. The summed E-state index contributed by atoms with van der Waals surface area (Å²) >= 11 is 1.59. The fraction of sp³-hybridized carbons (Fsp3) is 0.500. The molecule has 0 radical (unpaired) electrons. The third kappa shape index (κ3) is 3.45. The number of hydrogen-bond donors (Lipinski definition) is 3. The molecular formula is C12H16N2O4S. The van der Waals surface area contributed by atoms with Crippen LogP contribution in [0.1, 0.15) is 12.0 Å². The summed E-state index contributed by atoms with van der Waals surface area (Å²) in [6.45, 7) is 0.524. The maximum absolute atomic E-state index is 11.9. The summed E-state index contributed by atoms with van der Waals surface area (Å²) in [5.41, 5.74) is 1.14. The highest BCUT2D eigenvalue weighted by Crippen LogP contribution is 2.18. The second-order valence-corrected chi connectivity index (χ2v) is 5.29. The van der Waals surface area contributed by atoms with Crippen LogP contribution >= 0.6 is 11.3 Å². The lowest BCUT2D eigenvalue weighted by Crippen LogP contribution is -2.46. The van der Waals surface area contributed by atoms with Gasteiger partial charge in [0.05, 0.1) is 6.10 Å². The van der Waals surface area contributed by atoms with E-state index in [-0.39, 0.29) is 13.0 Å². The summed E-state index contributed by atoms with van der Waals surface area (Å²) in [6.07, 6.45) is 0.0418. The highest BCUT2D eigenvalue weighted by Gasteiger charge is 2.38. The third-order valence-electron chi connectivity index (χ3n) is 3.09. The third-order valence-corrected chi connectivity index (χ3v) is 3.83. The molecule has 1 aromatic rings.